The molecular formula is C21H31NO4. The first-order valence-electron chi connectivity index (χ1n) is 9.37. The molecule has 0 saturated heterocycles. The van der Waals surface area contributed by atoms with E-state index < -0.39 is 0 Å². The quantitative estimate of drug-likeness (QED) is 0.320. The number of ether oxygens (including phenoxy) is 2. The molecule has 1 aromatic carbocycles. The number of rotatable bonds is 12. The van der Waals surface area contributed by atoms with Crippen LogP contribution in [0.25, 0.3) is 6.08 Å². The van der Waals surface area contributed by atoms with Crippen molar-refractivity contribution in [1.29, 1.82) is 0 Å². The minimum Gasteiger partial charge on any atom is -0.494 e. The molecule has 0 saturated carbocycles. The van der Waals surface area contributed by atoms with Crippen molar-refractivity contribution < 1.29 is 19.1 Å². The summed E-state index contributed by atoms with van der Waals surface area (Å²) in [4.78, 5) is 25.6. The molecule has 144 valence electrons. The molecule has 1 amide bonds. The molecule has 0 aromatic heterocycles. The smallest absolute Gasteiger partial charge is 0.307 e. The summed E-state index contributed by atoms with van der Waals surface area (Å²) in [6.07, 6.45) is 7.61. The number of unbranched alkanes of at least 4 members (excludes halogenated alkanes) is 2. The molecule has 5 heteroatoms. The van der Waals surface area contributed by atoms with E-state index in [-0.39, 0.29) is 18.3 Å². The van der Waals surface area contributed by atoms with E-state index in [1.54, 1.807) is 17.1 Å². The summed E-state index contributed by atoms with van der Waals surface area (Å²) in [6.45, 7) is 5.91. The molecule has 1 aromatic rings. The Bertz CT molecular complexity index is 566. The van der Waals surface area contributed by atoms with E-state index in [1.807, 2.05) is 24.3 Å². The van der Waals surface area contributed by atoms with E-state index in [2.05, 4.69) is 18.6 Å². The van der Waals surface area contributed by atoms with E-state index >= 15 is 0 Å². The number of esters is 1. The summed E-state index contributed by atoms with van der Waals surface area (Å²) in [5.74, 6) is 0.441. The van der Waals surface area contributed by atoms with Gasteiger partial charge in [0.1, 0.15) is 5.75 Å². The minimum absolute atomic E-state index is 0.0867. The Morgan fingerprint density at radius 3 is 2.38 bits per heavy atom. The van der Waals surface area contributed by atoms with Gasteiger partial charge in [0, 0.05) is 19.2 Å². The molecule has 0 unspecified atom stereocenters. The van der Waals surface area contributed by atoms with E-state index in [9.17, 15) is 9.59 Å². The molecule has 0 bridgehead atoms. The average molecular weight is 361 g/mol. The van der Waals surface area contributed by atoms with Crippen LogP contribution in [0.3, 0.4) is 0 Å². The van der Waals surface area contributed by atoms with Gasteiger partial charge in [-0.15, -0.1) is 0 Å². The number of carbonyl (C=O) groups is 2. The lowest BCUT2D eigenvalue weighted by atomic mass is 10.2. The molecule has 5 nitrogen and oxygen atoms in total. The van der Waals surface area contributed by atoms with Gasteiger partial charge in [-0.3, -0.25) is 9.59 Å². The molecule has 0 radical (unpaired) electrons. The summed E-state index contributed by atoms with van der Waals surface area (Å²) in [6, 6.07) is 7.64. The monoisotopic (exact) mass is 361 g/mol. The van der Waals surface area contributed by atoms with Crippen LogP contribution in [0.1, 0.15) is 51.5 Å². The molecule has 26 heavy (non-hydrogen) atoms. The van der Waals surface area contributed by atoms with Crippen molar-refractivity contribution in [2.45, 2.75) is 46.0 Å². The number of hydrogen-bond acceptors (Lipinski definition) is 4. The van der Waals surface area contributed by atoms with Crippen LogP contribution in [0.4, 0.5) is 0 Å². The van der Waals surface area contributed by atoms with Crippen LogP contribution < -0.4 is 4.74 Å². The van der Waals surface area contributed by atoms with Crippen LogP contribution >= 0.6 is 0 Å². The zero-order chi connectivity index (χ0) is 19.2. The topological polar surface area (TPSA) is 55.8 Å². The third kappa shape index (κ3) is 8.70. The first-order valence-corrected chi connectivity index (χ1v) is 9.37. The third-order valence-electron chi connectivity index (χ3n) is 3.93. The van der Waals surface area contributed by atoms with Crippen LogP contribution in [0.15, 0.2) is 30.3 Å². The van der Waals surface area contributed by atoms with Gasteiger partial charge in [-0.05, 0) is 36.6 Å². The summed E-state index contributed by atoms with van der Waals surface area (Å²) >= 11 is 0. The van der Waals surface area contributed by atoms with Gasteiger partial charge in [0.15, 0.2) is 0 Å². The Hall–Kier alpha value is -2.30. The predicted octanol–water partition coefficient (Wildman–Crippen LogP) is 4.07. The maximum atomic E-state index is 12.5. The van der Waals surface area contributed by atoms with Gasteiger partial charge in [-0.25, -0.2) is 0 Å². The highest BCUT2D eigenvalue weighted by Gasteiger charge is 2.12. The molecule has 0 N–H and O–H groups in total. The zero-order valence-electron chi connectivity index (χ0n) is 16.2. The van der Waals surface area contributed by atoms with E-state index in [4.69, 9.17) is 4.74 Å². The average Bonchev–Trinajstić information content (AvgIpc) is 2.67. The Morgan fingerprint density at radius 2 is 1.77 bits per heavy atom. The molecule has 0 aliphatic rings. The molecule has 0 heterocycles. The highest BCUT2D eigenvalue weighted by atomic mass is 16.5. The largest absolute Gasteiger partial charge is 0.494 e. The van der Waals surface area contributed by atoms with Crippen molar-refractivity contribution in [3.8, 4) is 5.75 Å². The minimum atomic E-state index is -0.301. The van der Waals surface area contributed by atoms with Crippen molar-refractivity contribution in [3.63, 3.8) is 0 Å². The maximum absolute atomic E-state index is 12.5. The van der Waals surface area contributed by atoms with Crippen LogP contribution in [-0.2, 0) is 14.3 Å². The summed E-state index contributed by atoms with van der Waals surface area (Å²) in [5.41, 5.74) is 0.934. The van der Waals surface area contributed by atoms with Crippen LogP contribution in [0.5, 0.6) is 5.75 Å². The lowest BCUT2D eigenvalue weighted by molar-refractivity contribution is -0.141. The van der Waals surface area contributed by atoms with Crippen LogP contribution in [0, 0.1) is 0 Å². The molecule has 0 spiro atoms. The Balaban J connectivity index is 2.64. The van der Waals surface area contributed by atoms with Gasteiger partial charge in [0.2, 0.25) is 5.91 Å². The number of methoxy groups -OCH3 is 1. The first-order chi connectivity index (χ1) is 12.6. The highest BCUT2D eigenvalue weighted by Crippen LogP contribution is 2.13. The second kappa shape index (κ2) is 13.0. The van der Waals surface area contributed by atoms with Gasteiger partial charge < -0.3 is 14.4 Å². The van der Waals surface area contributed by atoms with E-state index in [0.717, 1.165) is 37.0 Å². The van der Waals surface area contributed by atoms with E-state index in [1.165, 1.54) is 7.11 Å². The lowest BCUT2D eigenvalue weighted by Crippen LogP contribution is -2.32. The van der Waals surface area contributed by atoms with Crippen molar-refractivity contribution >= 4 is 18.0 Å². The predicted molar refractivity (Wildman–Crippen MR) is 104 cm³/mol. The molecule has 0 aliphatic heterocycles. The maximum Gasteiger partial charge on any atom is 0.307 e. The molecule has 0 fully saturated rings. The fourth-order valence-corrected chi connectivity index (χ4v) is 2.38. The van der Waals surface area contributed by atoms with Crippen molar-refractivity contribution in [1.82, 2.24) is 4.90 Å². The zero-order valence-corrected chi connectivity index (χ0v) is 16.2. The van der Waals surface area contributed by atoms with Crippen molar-refractivity contribution in [3.05, 3.63) is 35.9 Å². The van der Waals surface area contributed by atoms with Crippen molar-refractivity contribution in [2.24, 2.45) is 0 Å². The Morgan fingerprint density at radius 1 is 1.04 bits per heavy atom. The molecular weight excluding hydrogens is 330 g/mol. The summed E-state index contributed by atoms with van der Waals surface area (Å²) < 4.78 is 10.2. The number of benzene rings is 1. The molecule has 0 aliphatic carbocycles. The van der Waals surface area contributed by atoms with Crippen LogP contribution in [0.2, 0.25) is 0 Å². The number of hydrogen-bond donors (Lipinski definition) is 0. The Labute approximate surface area is 157 Å². The second-order valence-electron chi connectivity index (χ2n) is 6.11. The van der Waals surface area contributed by atoms with Gasteiger partial charge >= 0.3 is 5.97 Å². The summed E-state index contributed by atoms with van der Waals surface area (Å²) in [7, 11) is 1.36. The fraction of sp³-hybridized carbons (Fsp3) is 0.524. The standard InChI is InChI=1S/C21H31NO4/c1-4-6-7-15-22(16-14-21(24)25-3)20(23)13-10-18-8-11-19(12-9-18)26-17-5-2/h8-13H,4-7,14-17H2,1-3H3/b13-10+. The third-order valence-corrected chi connectivity index (χ3v) is 3.93. The number of amides is 1. The van der Waals surface area contributed by atoms with Crippen molar-refractivity contribution in [2.75, 3.05) is 26.8 Å². The summed E-state index contributed by atoms with van der Waals surface area (Å²) in [5, 5.41) is 0. The molecule has 0 atom stereocenters. The Kier molecular flexibility index (Phi) is 10.9. The van der Waals surface area contributed by atoms with E-state index in [0.29, 0.717) is 19.7 Å². The van der Waals surface area contributed by atoms with Gasteiger partial charge in [-0.1, -0.05) is 38.8 Å². The van der Waals surface area contributed by atoms with Gasteiger partial charge in [-0.2, -0.15) is 0 Å². The van der Waals surface area contributed by atoms with Gasteiger partial charge in [0.05, 0.1) is 20.1 Å². The lowest BCUT2D eigenvalue weighted by Gasteiger charge is -2.20. The first kappa shape index (κ1) is 21.7. The van der Waals surface area contributed by atoms with Crippen LogP contribution in [-0.4, -0.2) is 43.6 Å². The number of carbonyl (C=O) groups excluding carboxylic acids is 2. The van der Waals surface area contributed by atoms with Gasteiger partial charge in [0.25, 0.3) is 0 Å². The second-order valence-corrected chi connectivity index (χ2v) is 6.11. The number of nitrogens with zero attached hydrogens (tertiary/aromatic N) is 1. The highest BCUT2D eigenvalue weighted by molar-refractivity contribution is 5.92. The fourth-order valence-electron chi connectivity index (χ4n) is 2.38. The normalized spacial score (nSPS) is 10.7. The SMILES string of the molecule is CCCCCN(CCC(=O)OC)C(=O)/C=C/c1ccc(OCCC)cc1. The molecule has 1 rings (SSSR count).